The lowest BCUT2D eigenvalue weighted by molar-refractivity contribution is -0.130. The molecular formula is C8H14BrN5O3S. The smallest absolute Gasteiger partial charge is 0.261 e. The van der Waals surface area contributed by atoms with Crippen molar-refractivity contribution in [2.75, 3.05) is 14.1 Å². The molecule has 1 heterocycles. The van der Waals surface area contributed by atoms with Crippen molar-refractivity contribution < 1.29 is 13.2 Å². The summed E-state index contributed by atoms with van der Waals surface area (Å²) in [4.78, 5) is 12.9. The van der Waals surface area contributed by atoms with Crippen LogP contribution in [-0.2, 0) is 21.9 Å². The second-order valence-corrected chi connectivity index (χ2v) is 6.27. The monoisotopic (exact) mass is 339 g/mol. The molecule has 1 aromatic heterocycles. The van der Waals surface area contributed by atoms with Gasteiger partial charge in [-0.1, -0.05) is 5.21 Å². The second kappa shape index (κ2) is 5.33. The Labute approximate surface area is 114 Å². The molecule has 102 valence electrons. The molecule has 0 radical (unpaired) electrons. The fraction of sp³-hybridized carbons (Fsp3) is 0.625. The van der Waals surface area contributed by atoms with Gasteiger partial charge in [0.05, 0.1) is 6.04 Å². The van der Waals surface area contributed by atoms with Crippen LogP contribution in [0.1, 0.15) is 6.92 Å². The van der Waals surface area contributed by atoms with Crippen LogP contribution in [-0.4, -0.2) is 54.4 Å². The standard InChI is InChI=1S/C8H14BrN5O3S/c1-5(7(15)13(2)3)11-18(16,17)8-6(9)10-12-14(8)4/h5,11H,1-4H3. The van der Waals surface area contributed by atoms with Crippen molar-refractivity contribution in [2.45, 2.75) is 18.0 Å². The number of hydrogen-bond donors (Lipinski definition) is 1. The molecule has 1 aromatic rings. The first-order valence-electron chi connectivity index (χ1n) is 4.95. The SMILES string of the molecule is CC(NS(=O)(=O)c1c(Br)nnn1C)C(=O)N(C)C. The zero-order valence-corrected chi connectivity index (χ0v) is 12.8. The summed E-state index contributed by atoms with van der Waals surface area (Å²) >= 11 is 3.00. The number of aryl methyl sites for hydroxylation is 1. The normalized spacial score (nSPS) is 13.4. The minimum absolute atomic E-state index is 0.0991. The molecule has 10 heteroatoms. The Hall–Kier alpha value is -1.00. The first kappa shape index (κ1) is 15.1. The first-order chi connectivity index (χ1) is 8.16. The Morgan fingerprint density at radius 3 is 2.44 bits per heavy atom. The average molecular weight is 340 g/mol. The number of carbonyl (C=O) groups excluding carboxylic acids is 1. The summed E-state index contributed by atoms with van der Waals surface area (Å²) in [5, 5.41) is 7.04. The summed E-state index contributed by atoms with van der Waals surface area (Å²) in [7, 11) is 0.687. The zero-order valence-electron chi connectivity index (χ0n) is 10.4. The van der Waals surface area contributed by atoms with E-state index >= 15 is 0 Å². The molecule has 0 spiro atoms. The van der Waals surface area contributed by atoms with Crippen LogP contribution in [0.2, 0.25) is 0 Å². The third kappa shape index (κ3) is 3.06. The highest BCUT2D eigenvalue weighted by Crippen LogP contribution is 2.17. The number of rotatable bonds is 4. The Bertz CT molecular complexity index is 534. The van der Waals surface area contributed by atoms with E-state index in [0.717, 1.165) is 4.68 Å². The topological polar surface area (TPSA) is 97.2 Å². The Kier molecular flexibility index (Phi) is 4.46. The van der Waals surface area contributed by atoms with Gasteiger partial charge in [-0.15, -0.1) is 5.10 Å². The van der Waals surface area contributed by atoms with E-state index in [4.69, 9.17) is 0 Å². The zero-order chi connectivity index (χ0) is 14.1. The van der Waals surface area contributed by atoms with Crippen LogP contribution >= 0.6 is 15.9 Å². The van der Waals surface area contributed by atoms with Gasteiger partial charge in [-0.25, -0.2) is 13.1 Å². The van der Waals surface area contributed by atoms with Gasteiger partial charge in [-0.3, -0.25) is 4.79 Å². The number of aromatic nitrogens is 3. The van der Waals surface area contributed by atoms with Crippen LogP contribution in [0, 0.1) is 0 Å². The molecule has 8 nitrogen and oxygen atoms in total. The van der Waals surface area contributed by atoms with Crippen molar-refractivity contribution in [1.82, 2.24) is 24.6 Å². The molecule has 1 amide bonds. The maximum atomic E-state index is 12.1. The van der Waals surface area contributed by atoms with Gasteiger partial charge < -0.3 is 4.90 Å². The summed E-state index contributed by atoms with van der Waals surface area (Å²) in [5.41, 5.74) is 0. The molecule has 0 saturated heterocycles. The van der Waals surface area contributed by atoms with Crippen LogP contribution in [0.25, 0.3) is 0 Å². The molecular weight excluding hydrogens is 326 g/mol. The number of halogens is 1. The van der Waals surface area contributed by atoms with E-state index in [-0.39, 0.29) is 15.5 Å². The van der Waals surface area contributed by atoms with Crippen LogP contribution in [0.4, 0.5) is 0 Å². The lowest BCUT2D eigenvalue weighted by Crippen LogP contribution is -2.44. The molecule has 0 aliphatic rings. The molecule has 0 aliphatic carbocycles. The van der Waals surface area contributed by atoms with E-state index in [1.54, 1.807) is 14.1 Å². The van der Waals surface area contributed by atoms with Crippen molar-refractivity contribution in [3.05, 3.63) is 4.60 Å². The van der Waals surface area contributed by atoms with Crippen LogP contribution in [0.5, 0.6) is 0 Å². The maximum Gasteiger partial charge on any atom is 0.261 e. The predicted octanol–water partition coefficient (Wildman–Crippen LogP) is -0.667. The van der Waals surface area contributed by atoms with Crippen molar-refractivity contribution in [3.8, 4) is 0 Å². The summed E-state index contributed by atoms with van der Waals surface area (Å²) in [6, 6.07) is -0.869. The van der Waals surface area contributed by atoms with Crippen LogP contribution < -0.4 is 4.72 Å². The molecule has 0 aliphatic heterocycles. The Balaban J connectivity index is 3.00. The lowest BCUT2D eigenvalue weighted by Gasteiger charge is -2.17. The number of likely N-dealkylation sites (N-methyl/N-ethyl adjacent to an activating group) is 1. The van der Waals surface area contributed by atoms with Crippen molar-refractivity contribution >= 4 is 31.9 Å². The molecule has 1 unspecified atom stereocenters. The third-order valence-electron chi connectivity index (χ3n) is 2.13. The highest BCUT2D eigenvalue weighted by molar-refractivity contribution is 9.10. The second-order valence-electron chi connectivity index (χ2n) is 3.88. The van der Waals surface area contributed by atoms with Gasteiger partial charge >= 0.3 is 0 Å². The number of sulfonamides is 1. The minimum Gasteiger partial charge on any atom is -0.347 e. The summed E-state index contributed by atoms with van der Waals surface area (Å²) in [6.45, 7) is 1.47. The van der Waals surface area contributed by atoms with Gasteiger partial charge in [0, 0.05) is 21.1 Å². The quantitative estimate of drug-likeness (QED) is 0.784. The molecule has 0 fully saturated rings. The van der Waals surface area contributed by atoms with Gasteiger partial charge in [-0.05, 0) is 22.9 Å². The van der Waals surface area contributed by atoms with E-state index in [0.29, 0.717) is 0 Å². The average Bonchev–Trinajstić information content (AvgIpc) is 2.56. The van der Waals surface area contributed by atoms with Gasteiger partial charge in [0.1, 0.15) is 0 Å². The first-order valence-corrected chi connectivity index (χ1v) is 7.23. The van der Waals surface area contributed by atoms with Crippen molar-refractivity contribution in [3.63, 3.8) is 0 Å². The molecule has 0 bridgehead atoms. The summed E-state index contributed by atoms with van der Waals surface area (Å²) in [5.74, 6) is -0.343. The Morgan fingerprint density at radius 1 is 1.50 bits per heavy atom. The van der Waals surface area contributed by atoms with Gasteiger partial charge in [0.25, 0.3) is 10.0 Å². The summed E-state index contributed by atoms with van der Waals surface area (Å²) in [6.07, 6.45) is 0. The molecule has 1 N–H and O–H groups in total. The number of carbonyl (C=O) groups is 1. The molecule has 0 aromatic carbocycles. The van der Waals surface area contributed by atoms with E-state index in [9.17, 15) is 13.2 Å². The summed E-state index contributed by atoms with van der Waals surface area (Å²) < 4.78 is 27.6. The van der Waals surface area contributed by atoms with E-state index in [1.807, 2.05) is 0 Å². The Morgan fingerprint density at radius 2 is 2.06 bits per heavy atom. The van der Waals surface area contributed by atoms with Crippen molar-refractivity contribution in [1.29, 1.82) is 0 Å². The number of nitrogens with zero attached hydrogens (tertiary/aromatic N) is 4. The van der Waals surface area contributed by atoms with Gasteiger partial charge in [-0.2, -0.15) is 4.72 Å². The van der Waals surface area contributed by atoms with Crippen LogP contribution in [0.15, 0.2) is 9.63 Å². The fourth-order valence-corrected chi connectivity index (χ4v) is 3.63. The largest absolute Gasteiger partial charge is 0.347 e. The number of amides is 1. The van der Waals surface area contributed by atoms with E-state index in [1.165, 1.54) is 18.9 Å². The van der Waals surface area contributed by atoms with Gasteiger partial charge in [0.2, 0.25) is 10.9 Å². The van der Waals surface area contributed by atoms with Crippen molar-refractivity contribution in [2.24, 2.45) is 7.05 Å². The predicted molar refractivity (Wildman–Crippen MR) is 67.2 cm³/mol. The van der Waals surface area contributed by atoms with E-state index in [2.05, 4.69) is 31.0 Å². The third-order valence-corrected chi connectivity index (χ3v) is 4.56. The number of nitrogens with one attached hydrogen (secondary N) is 1. The lowest BCUT2D eigenvalue weighted by atomic mass is 10.3. The van der Waals surface area contributed by atoms with Crippen LogP contribution in [0.3, 0.4) is 0 Å². The number of hydrogen-bond acceptors (Lipinski definition) is 5. The highest BCUT2D eigenvalue weighted by Gasteiger charge is 2.28. The molecule has 18 heavy (non-hydrogen) atoms. The molecule has 1 rings (SSSR count). The fourth-order valence-electron chi connectivity index (χ4n) is 1.33. The maximum absolute atomic E-state index is 12.1. The highest BCUT2D eigenvalue weighted by atomic mass is 79.9. The minimum atomic E-state index is -3.86. The molecule has 1 atom stereocenters. The van der Waals surface area contributed by atoms with E-state index < -0.39 is 16.1 Å². The van der Waals surface area contributed by atoms with Gasteiger partial charge in [0.15, 0.2) is 4.60 Å². The molecule has 0 saturated carbocycles.